The summed E-state index contributed by atoms with van der Waals surface area (Å²) < 4.78 is 35.2. The molecule has 240 valence electrons. The molecule has 3 heterocycles. The van der Waals surface area contributed by atoms with E-state index in [-0.39, 0.29) is 33.4 Å². The van der Waals surface area contributed by atoms with E-state index in [0.29, 0.717) is 24.4 Å². The van der Waals surface area contributed by atoms with Gasteiger partial charge in [-0.3, -0.25) is 14.3 Å². The summed E-state index contributed by atoms with van der Waals surface area (Å²) in [7, 11) is -2.93. The zero-order chi connectivity index (χ0) is 32.4. The van der Waals surface area contributed by atoms with Gasteiger partial charge < -0.3 is 14.5 Å². The van der Waals surface area contributed by atoms with E-state index in [1.54, 1.807) is 29.2 Å². The van der Waals surface area contributed by atoms with Crippen LogP contribution in [0.1, 0.15) is 36.9 Å². The number of aromatic nitrogens is 2. The summed E-state index contributed by atoms with van der Waals surface area (Å²) in [5, 5.41) is 9.73. The van der Waals surface area contributed by atoms with Gasteiger partial charge in [0.05, 0.1) is 34.7 Å². The predicted molar refractivity (Wildman–Crippen MR) is 174 cm³/mol. The SMILES string of the molecule is CCCN1CCN(C2CCN(C(=O)C(c3ccccc3)n3c(=O)n(S(=O)(=O)c4ccc(OC)cc4)c4ccc(C#N)cc43)C2)CC1. The van der Waals surface area contributed by atoms with Crippen molar-refractivity contribution >= 4 is 27.0 Å². The van der Waals surface area contributed by atoms with E-state index < -0.39 is 21.8 Å². The molecular weight excluding hydrogens is 604 g/mol. The Hall–Kier alpha value is -4.44. The minimum absolute atomic E-state index is 0.0813. The Bertz CT molecular complexity index is 1920. The number of benzene rings is 3. The summed E-state index contributed by atoms with van der Waals surface area (Å²) in [6.45, 7) is 8.23. The molecule has 1 aromatic heterocycles. The average Bonchev–Trinajstić information content (AvgIpc) is 3.69. The minimum Gasteiger partial charge on any atom is -0.497 e. The van der Waals surface area contributed by atoms with Gasteiger partial charge in [0.1, 0.15) is 11.8 Å². The Balaban J connectivity index is 1.42. The predicted octanol–water partition coefficient (Wildman–Crippen LogP) is 3.14. The molecule has 0 saturated carbocycles. The lowest BCUT2D eigenvalue weighted by Crippen LogP contribution is -2.51. The van der Waals surface area contributed by atoms with E-state index in [2.05, 4.69) is 22.8 Å². The van der Waals surface area contributed by atoms with Crippen molar-refractivity contribution < 1.29 is 17.9 Å². The number of likely N-dealkylation sites (tertiary alicyclic amines) is 1. The Morgan fingerprint density at radius 2 is 1.70 bits per heavy atom. The summed E-state index contributed by atoms with van der Waals surface area (Å²) in [6.07, 6.45) is 1.95. The van der Waals surface area contributed by atoms with E-state index >= 15 is 0 Å². The van der Waals surface area contributed by atoms with Crippen molar-refractivity contribution in [3.63, 3.8) is 0 Å². The third-order valence-corrected chi connectivity index (χ3v) is 10.8. The minimum atomic E-state index is -4.40. The Kier molecular flexibility index (Phi) is 8.99. The number of hydrogen-bond acceptors (Lipinski definition) is 8. The Labute approximate surface area is 268 Å². The molecule has 12 heteroatoms. The summed E-state index contributed by atoms with van der Waals surface area (Å²) in [6, 6.07) is 20.2. The first-order valence-electron chi connectivity index (χ1n) is 15.6. The van der Waals surface area contributed by atoms with Crippen LogP contribution in [-0.2, 0) is 14.8 Å². The molecule has 2 aliphatic rings. The Morgan fingerprint density at radius 1 is 0.978 bits per heavy atom. The van der Waals surface area contributed by atoms with Crippen molar-refractivity contribution in [3.8, 4) is 11.8 Å². The molecule has 2 atom stereocenters. The summed E-state index contributed by atoms with van der Waals surface area (Å²) in [5.74, 6) is 0.178. The highest BCUT2D eigenvalue weighted by Crippen LogP contribution is 2.30. The second kappa shape index (κ2) is 13.1. The lowest BCUT2D eigenvalue weighted by atomic mass is 10.0. The van der Waals surface area contributed by atoms with E-state index in [1.165, 1.54) is 54.1 Å². The number of fused-ring (bicyclic) bond motifs is 1. The fraction of sp³-hybridized carbons (Fsp3) is 0.382. The monoisotopic (exact) mass is 642 g/mol. The smallest absolute Gasteiger partial charge is 0.344 e. The van der Waals surface area contributed by atoms with Crippen LogP contribution >= 0.6 is 0 Å². The molecule has 46 heavy (non-hydrogen) atoms. The summed E-state index contributed by atoms with van der Waals surface area (Å²) in [5.41, 5.74) is 0.173. The van der Waals surface area contributed by atoms with Crippen molar-refractivity contribution in [2.45, 2.75) is 36.7 Å². The highest BCUT2D eigenvalue weighted by Gasteiger charge is 2.38. The number of ether oxygens (including phenoxy) is 1. The normalized spacial score (nSPS) is 18.5. The van der Waals surface area contributed by atoms with Crippen LogP contribution in [0.25, 0.3) is 11.0 Å². The number of nitrogens with zero attached hydrogens (tertiary/aromatic N) is 6. The van der Waals surface area contributed by atoms with Gasteiger partial charge in [-0.05, 0) is 67.4 Å². The van der Waals surface area contributed by atoms with Gasteiger partial charge in [-0.1, -0.05) is 37.3 Å². The summed E-state index contributed by atoms with van der Waals surface area (Å²) >= 11 is 0. The first-order chi connectivity index (χ1) is 22.3. The Morgan fingerprint density at radius 3 is 2.35 bits per heavy atom. The van der Waals surface area contributed by atoms with Gasteiger partial charge in [0.2, 0.25) is 0 Å². The molecular formula is C34H38N6O5S. The summed E-state index contributed by atoms with van der Waals surface area (Å²) in [4.78, 5) is 35.6. The molecule has 0 N–H and O–H groups in total. The number of piperazine rings is 1. The highest BCUT2D eigenvalue weighted by molar-refractivity contribution is 7.90. The first kappa shape index (κ1) is 31.5. The third kappa shape index (κ3) is 5.82. The molecule has 1 amide bonds. The highest BCUT2D eigenvalue weighted by atomic mass is 32.2. The van der Waals surface area contributed by atoms with Crippen molar-refractivity contribution in [2.75, 3.05) is 52.9 Å². The van der Waals surface area contributed by atoms with E-state index in [0.717, 1.165) is 49.5 Å². The van der Waals surface area contributed by atoms with Gasteiger partial charge in [-0.25, -0.2) is 13.2 Å². The van der Waals surface area contributed by atoms with E-state index in [4.69, 9.17) is 4.74 Å². The van der Waals surface area contributed by atoms with Gasteiger partial charge in [-0.15, -0.1) is 0 Å². The molecule has 2 aliphatic heterocycles. The lowest BCUT2D eigenvalue weighted by molar-refractivity contribution is -0.132. The van der Waals surface area contributed by atoms with Crippen LogP contribution in [0.5, 0.6) is 5.75 Å². The second-order valence-electron chi connectivity index (χ2n) is 11.8. The standard InChI is InChI=1S/C34H38N6O5S/c1-3-16-36-18-20-37(21-19-36)27-15-17-38(24-27)33(41)32(26-7-5-4-6-8-26)39-31-22-25(23-35)9-14-30(31)40(34(39)42)46(43,44)29-12-10-28(45-2)11-13-29/h4-14,22,27,32H,3,15-21,24H2,1-2H3. The molecule has 0 radical (unpaired) electrons. The average molecular weight is 643 g/mol. The quantitative estimate of drug-likeness (QED) is 0.273. The zero-order valence-electron chi connectivity index (χ0n) is 26.1. The third-order valence-electron chi connectivity index (χ3n) is 9.11. The topological polar surface area (TPSA) is 121 Å². The van der Waals surface area contributed by atoms with Crippen molar-refractivity contribution in [1.29, 1.82) is 5.26 Å². The van der Waals surface area contributed by atoms with Gasteiger partial charge in [0.25, 0.3) is 15.9 Å². The molecule has 11 nitrogen and oxygen atoms in total. The number of rotatable bonds is 9. The fourth-order valence-corrected chi connectivity index (χ4v) is 8.11. The molecule has 2 unspecified atom stereocenters. The maximum atomic E-state index is 14.6. The second-order valence-corrected chi connectivity index (χ2v) is 13.6. The molecule has 0 spiro atoms. The number of nitriles is 1. The van der Waals surface area contributed by atoms with Crippen LogP contribution < -0.4 is 10.4 Å². The van der Waals surface area contributed by atoms with Crippen molar-refractivity contribution in [1.82, 2.24) is 23.2 Å². The van der Waals surface area contributed by atoms with Crippen molar-refractivity contribution in [2.24, 2.45) is 0 Å². The molecule has 3 aromatic carbocycles. The van der Waals surface area contributed by atoms with E-state index in [9.17, 15) is 23.3 Å². The number of carbonyl (C=O) groups excluding carboxylic acids is 1. The van der Waals surface area contributed by atoms with Gasteiger partial charge >= 0.3 is 5.69 Å². The van der Waals surface area contributed by atoms with Crippen molar-refractivity contribution in [3.05, 3.63) is 94.4 Å². The van der Waals surface area contributed by atoms with Crippen LogP contribution in [0.2, 0.25) is 0 Å². The fourth-order valence-electron chi connectivity index (χ4n) is 6.72. The molecule has 0 bridgehead atoms. The van der Waals surface area contributed by atoms with Crippen LogP contribution in [0, 0.1) is 11.3 Å². The number of methoxy groups -OCH3 is 1. The maximum Gasteiger partial charge on any atom is 0.344 e. The molecule has 0 aliphatic carbocycles. The largest absolute Gasteiger partial charge is 0.497 e. The number of imidazole rings is 1. The zero-order valence-corrected chi connectivity index (χ0v) is 26.9. The first-order valence-corrected chi connectivity index (χ1v) is 17.1. The van der Waals surface area contributed by atoms with Gasteiger partial charge in [-0.2, -0.15) is 9.23 Å². The van der Waals surface area contributed by atoms with Gasteiger partial charge in [0, 0.05) is 45.3 Å². The van der Waals surface area contributed by atoms with Gasteiger partial charge in [0.15, 0.2) is 0 Å². The molecule has 6 rings (SSSR count). The molecule has 2 saturated heterocycles. The number of hydrogen-bond donors (Lipinski definition) is 0. The van der Waals surface area contributed by atoms with Crippen LogP contribution in [0.15, 0.2) is 82.5 Å². The molecule has 2 fully saturated rings. The lowest BCUT2D eigenvalue weighted by Gasteiger charge is -2.38. The maximum absolute atomic E-state index is 14.6. The number of amides is 1. The molecule has 4 aromatic rings. The number of carbonyl (C=O) groups is 1. The van der Waals surface area contributed by atoms with Crippen LogP contribution in [0.3, 0.4) is 0 Å². The van der Waals surface area contributed by atoms with Crippen LogP contribution in [-0.4, -0.2) is 96.5 Å². The van der Waals surface area contributed by atoms with E-state index in [1.807, 2.05) is 6.07 Å². The van der Waals surface area contributed by atoms with Crippen LogP contribution in [0.4, 0.5) is 0 Å².